The molecule has 2 aliphatic rings. The van der Waals surface area contributed by atoms with Crippen LogP contribution in [0.1, 0.15) is 97.0 Å². The molecule has 0 fully saturated rings. The minimum atomic E-state index is -0.459. The molecule has 232 valence electrons. The summed E-state index contributed by atoms with van der Waals surface area (Å²) in [7, 11) is 2.10. The zero-order valence-electron chi connectivity index (χ0n) is 28.4. The van der Waals surface area contributed by atoms with Gasteiger partial charge in [-0.25, -0.2) is 4.39 Å². The molecule has 7 rings (SSSR count). The van der Waals surface area contributed by atoms with Crippen molar-refractivity contribution in [2.75, 3.05) is 0 Å². The highest BCUT2D eigenvalue weighted by molar-refractivity contribution is 6.01. The van der Waals surface area contributed by atoms with E-state index in [-0.39, 0.29) is 22.2 Å². The molecule has 4 nitrogen and oxygen atoms in total. The van der Waals surface area contributed by atoms with Gasteiger partial charge in [0, 0.05) is 54.5 Å². The molecule has 0 amide bonds. The first-order valence-corrected chi connectivity index (χ1v) is 16.7. The van der Waals surface area contributed by atoms with Crippen molar-refractivity contribution in [3.8, 4) is 22.6 Å². The molecule has 3 aromatic heterocycles. The smallest absolute Gasteiger partial charge is 0.230 e. The molecule has 0 radical (unpaired) electrons. The van der Waals surface area contributed by atoms with Gasteiger partial charge >= 0.3 is 0 Å². The summed E-state index contributed by atoms with van der Waals surface area (Å²) in [5, 5.41) is 7.76. The average Bonchev–Trinajstić information content (AvgIpc) is 3.45. The maximum atomic E-state index is 16.2. The Kier molecular flexibility index (Phi) is 6.51. The van der Waals surface area contributed by atoms with Crippen molar-refractivity contribution in [2.45, 2.75) is 103 Å². The number of nitrogens with zero attached hydrogens (tertiary/aromatic N) is 4. The molecule has 1 aliphatic heterocycles. The fourth-order valence-electron chi connectivity index (χ4n) is 8.90. The van der Waals surface area contributed by atoms with Gasteiger partial charge in [0.05, 0.1) is 22.1 Å². The third kappa shape index (κ3) is 3.91. The number of aromatic nitrogens is 4. The van der Waals surface area contributed by atoms with Gasteiger partial charge in [0.1, 0.15) is 18.6 Å². The highest BCUT2D eigenvalue weighted by atomic mass is 19.1. The van der Waals surface area contributed by atoms with Gasteiger partial charge in [-0.05, 0) is 47.6 Å². The van der Waals surface area contributed by atoms with Crippen molar-refractivity contribution in [3.63, 3.8) is 0 Å². The molecule has 5 heteroatoms. The first-order chi connectivity index (χ1) is 21.3. The van der Waals surface area contributed by atoms with Crippen LogP contribution in [-0.4, -0.2) is 9.78 Å². The van der Waals surface area contributed by atoms with E-state index in [1.54, 1.807) is 6.07 Å². The van der Waals surface area contributed by atoms with Crippen LogP contribution in [0.15, 0.2) is 73.1 Å². The predicted molar refractivity (Wildman–Crippen MR) is 180 cm³/mol. The Morgan fingerprint density at radius 2 is 1.67 bits per heavy atom. The van der Waals surface area contributed by atoms with Crippen LogP contribution in [0.4, 0.5) is 4.39 Å². The van der Waals surface area contributed by atoms with E-state index in [9.17, 15) is 0 Å². The normalized spacial score (nSPS) is 21.4. The fourth-order valence-corrected chi connectivity index (χ4v) is 8.90. The van der Waals surface area contributed by atoms with Crippen LogP contribution < -0.4 is 9.13 Å². The van der Waals surface area contributed by atoms with Gasteiger partial charge in [0.25, 0.3) is 0 Å². The molecule has 4 heterocycles. The Balaban J connectivity index is 1.48. The van der Waals surface area contributed by atoms with Crippen LogP contribution in [0.2, 0.25) is 0 Å². The van der Waals surface area contributed by atoms with E-state index >= 15 is 4.39 Å². The van der Waals surface area contributed by atoms with E-state index < -0.39 is 5.41 Å². The van der Waals surface area contributed by atoms with Gasteiger partial charge < -0.3 is 0 Å². The summed E-state index contributed by atoms with van der Waals surface area (Å²) in [6, 6.07) is 21.3. The standard InChI is InChI=1S/C40H47FN4/c1-10-39(8)40(11-2,21-24-45-31(25-32(42-45)37(3,4)5)30-17-12-13-22-43(30)9)28-18-19-29(41)35-34(28)36-33-26(20-23-44(36)39)15-14-16-27(33)38(35,6)7/h12-20,22-23,25H,10-11,21,24H2,1-9H3/q+2. The van der Waals surface area contributed by atoms with E-state index in [0.29, 0.717) is 0 Å². The molecule has 1 aliphatic carbocycles. The lowest BCUT2D eigenvalue weighted by molar-refractivity contribution is -0.765. The predicted octanol–water partition coefficient (Wildman–Crippen LogP) is 8.44. The second-order valence-corrected chi connectivity index (χ2v) is 15.2. The van der Waals surface area contributed by atoms with Gasteiger partial charge in [0.2, 0.25) is 11.4 Å². The second kappa shape index (κ2) is 9.82. The van der Waals surface area contributed by atoms with Crippen molar-refractivity contribution in [1.82, 2.24) is 9.78 Å². The molecule has 0 bridgehead atoms. The summed E-state index contributed by atoms with van der Waals surface area (Å²) in [4.78, 5) is 0. The van der Waals surface area contributed by atoms with Crippen molar-refractivity contribution < 1.29 is 13.5 Å². The highest BCUT2D eigenvalue weighted by Gasteiger charge is 2.61. The lowest BCUT2D eigenvalue weighted by atomic mass is 9.55. The van der Waals surface area contributed by atoms with Gasteiger partial charge in [0.15, 0.2) is 17.9 Å². The number of benzene rings is 2. The van der Waals surface area contributed by atoms with E-state index in [1.807, 2.05) is 0 Å². The largest absolute Gasteiger partial charge is 0.258 e. The maximum absolute atomic E-state index is 16.2. The number of halogens is 1. The molecule has 0 N–H and O–H groups in total. The van der Waals surface area contributed by atoms with E-state index in [4.69, 9.17) is 5.10 Å². The van der Waals surface area contributed by atoms with E-state index in [2.05, 4.69) is 143 Å². The zero-order chi connectivity index (χ0) is 32.1. The number of hydrogen-bond donors (Lipinski definition) is 0. The lowest BCUT2D eigenvalue weighted by Crippen LogP contribution is -2.69. The third-order valence-corrected chi connectivity index (χ3v) is 11.7. The third-order valence-electron chi connectivity index (χ3n) is 11.7. The number of rotatable bonds is 6. The topological polar surface area (TPSA) is 25.6 Å². The molecule has 0 spiro atoms. The van der Waals surface area contributed by atoms with Gasteiger partial charge in [-0.2, -0.15) is 14.2 Å². The van der Waals surface area contributed by atoms with Crippen molar-refractivity contribution in [1.29, 1.82) is 0 Å². The molecular weight excluding hydrogens is 555 g/mol. The summed E-state index contributed by atoms with van der Waals surface area (Å²) in [6.07, 6.45) is 7.16. The number of pyridine rings is 2. The molecule has 2 atom stereocenters. The second-order valence-electron chi connectivity index (χ2n) is 15.2. The van der Waals surface area contributed by atoms with Gasteiger partial charge in [-0.3, -0.25) is 4.68 Å². The molecule has 2 aromatic carbocycles. The summed E-state index contributed by atoms with van der Waals surface area (Å²) >= 11 is 0. The van der Waals surface area contributed by atoms with Crippen LogP contribution in [0, 0.1) is 5.82 Å². The first kappa shape index (κ1) is 29.8. The number of hydrogen-bond acceptors (Lipinski definition) is 1. The van der Waals surface area contributed by atoms with Crippen molar-refractivity contribution in [2.24, 2.45) is 7.05 Å². The van der Waals surface area contributed by atoms with Crippen LogP contribution >= 0.6 is 0 Å². The van der Waals surface area contributed by atoms with Crippen LogP contribution in [-0.2, 0) is 35.4 Å². The van der Waals surface area contributed by atoms with E-state index in [1.165, 1.54) is 27.6 Å². The number of aryl methyl sites for hydroxylation is 2. The Labute approximate surface area is 267 Å². The van der Waals surface area contributed by atoms with Crippen molar-refractivity contribution in [3.05, 3.63) is 101 Å². The Hall–Kier alpha value is -3.86. The van der Waals surface area contributed by atoms with Crippen LogP contribution in [0.5, 0.6) is 0 Å². The van der Waals surface area contributed by atoms with E-state index in [0.717, 1.165) is 54.0 Å². The quantitative estimate of drug-likeness (QED) is 0.179. The minimum absolute atomic E-state index is 0.0757. The maximum Gasteiger partial charge on any atom is 0.230 e. The van der Waals surface area contributed by atoms with Crippen LogP contribution in [0.3, 0.4) is 0 Å². The Morgan fingerprint density at radius 1 is 0.889 bits per heavy atom. The Morgan fingerprint density at radius 3 is 2.36 bits per heavy atom. The molecule has 5 aromatic rings. The molecule has 0 saturated heterocycles. The molecular formula is C40H47FN4+2. The van der Waals surface area contributed by atoms with Crippen molar-refractivity contribution >= 4 is 10.8 Å². The highest BCUT2D eigenvalue weighted by Crippen LogP contribution is 2.58. The lowest BCUT2D eigenvalue weighted by Gasteiger charge is -2.50. The SMILES string of the molecule is CCC1(CCn2nc(C(C)(C)C)cc2-c2cccc[n+]2C)c2ccc(F)c3c2-c2c4c(cccc4cc[n+]2C1(C)CC)C3(C)C. The van der Waals surface area contributed by atoms with Gasteiger partial charge in [-0.1, -0.05) is 72.7 Å². The molecule has 2 unspecified atom stereocenters. The summed E-state index contributed by atoms with van der Waals surface area (Å²) < 4.78 is 23.2. The first-order valence-electron chi connectivity index (χ1n) is 16.7. The van der Waals surface area contributed by atoms with Crippen LogP contribution in [0.25, 0.3) is 33.4 Å². The monoisotopic (exact) mass is 602 g/mol. The van der Waals surface area contributed by atoms with Gasteiger partial charge in [-0.15, -0.1) is 0 Å². The Bertz CT molecular complexity index is 1990. The minimum Gasteiger partial charge on any atom is -0.258 e. The summed E-state index contributed by atoms with van der Waals surface area (Å²) in [6.45, 7) is 18.9. The molecule has 0 saturated carbocycles. The average molecular weight is 603 g/mol. The fraction of sp³-hybridized carbons (Fsp3) is 0.425. The zero-order valence-corrected chi connectivity index (χ0v) is 28.4. The summed E-state index contributed by atoms with van der Waals surface area (Å²) in [5.41, 5.74) is 7.98. The molecule has 45 heavy (non-hydrogen) atoms. The summed E-state index contributed by atoms with van der Waals surface area (Å²) in [5.74, 6) is -0.109.